The summed E-state index contributed by atoms with van der Waals surface area (Å²) in [6.45, 7) is 10.6. The van der Waals surface area contributed by atoms with E-state index in [-0.39, 0.29) is 16.9 Å². The largest absolute Gasteiger partial charge is 0.493 e. The summed E-state index contributed by atoms with van der Waals surface area (Å²) in [6, 6.07) is 8.04. The molecule has 2 aliphatic heterocycles. The number of hydrogen-bond donors (Lipinski definition) is 0. The number of ether oxygens (including phenoxy) is 2. The van der Waals surface area contributed by atoms with Gasteiger partial charge < -0.3 is 18.9 Å². The van der Waals surface area contributed by atoms with Crippen molar-refractivity contribution >= 4 is 16.1 Å². The molecule has 2 aromatic rings. The molecular formula is C25H36N4O6S. The van der Waals surface area contributed by atoms with Gasteiger partial charge in [0.2, 0.25) is 10.0 Å². The molecule has 4 rings (SSSR count). The lowest BCUT2D eigenvalue weighted by molar-refractivity contribution is 0.0778. The first-order chi connectivity index (χ1) is 17.3. The lowest BCUT2D eigenvalue weighted by Crippen LogP contribution is -2.48. The first-order valence-corrected chi connectivity index (χ1v) is 14.0. The van der Waals surface area contributed by atoms with E-state index in [2.05, 4.69) is 22.2 Å². The Morgan fingerprint density at radius 3 is 2.47 bits per heavy atom. The van der Waals surface area contributed by atoms with Gasteiger partial charge in [0.05, 0.1) is 13.2 Å². The van der Waals surface area contributed by atoms with E-state index in [4.69, 9.17) is 14.0 Å². The average molecular weight is 521 g/mol. The standard InChI is InChI=1S/C25H36N4O6S/c1-4-33-25(30)28-14-12-27(13-15-28)16-21-7-9-23(10-8-21)34-18-22-6-5-11-29(17-22)36(31,32)24-19(2)26-35-20(24)3/h7-10,22H,4-6,11-18H2,1-3H3/t22-/m1/s1. The monoisotopic (exact) mass is 520 g/mol. The van der Waals surface area contributed by atoms with E-state index in [0.717, 1.165) is 38.2 Å². The average Bonchev–Trinajstić information content (AvgIpc) is 3.23. The number of aryl methyl sites for hydroxylation is 2. The molecular weight excluding hydrogens is 484 g/mol. The fraction of sp³-hybridized carbons (Fsp3) is 0.600. The topological polar surface area (TPSA) is 105 Å². The zero-order chi connectivity index (χ0) is 25.7. The molecule has 198 valence electrons. The number of amides is 1. The Bertz CT molecular complexity index is 1110. The first kappa shape index (κ1) is 26.4. The Morgan fingerprint density at radius 1 is 1.11 bits per heavy atom. The van der Waals surface area contributed by atoms with Gasteiger partial charge in [0, 0.05) is 51.7 Å². The number of carbonyl (C=O) groups excluding carboxylic acids is 1. The van der Waals surface area contributed by atoms with Gasteiger partial charge in [-0.15, -0.1) is 0 Å². The second-order valence-corrected chi connectivity index (χ2v) is 11.3. The molecule has 10 nitrogen and oxygen atoms in total. The van der Waals surface area contributed by atoms with Crippen LogP contribution in [0.4, 0.5) is 4.79 Å². The van der Waals surface area contributed by atoms with Crippen LogP contribution in [0.2, 0.25) is 0 Å². The van der Waals surface area contributed by atoms with Gasteiger partial charge >= 0.3 is 6.09 Å². The Labute approximate surface area is 213 Å². The minimum absolute atomic E-state index is 0.115. The van der Waals surface area contributed by atoms with Gasteiger partial charge in [-0.2, -0.15) is 4.31 Å². The predicted molar refractivity (Wildman–Crippen MR) is 133 cm³/mol. The van der Waals surface area contributed by atoms with Crippen molar-refractivity contribution in [1.29, 1.82) is 0 Å². The van der Waals surface area contributed by atoms with Crippen LogP contribution >= 0.6 is 0 Å². The van der Waals surface area contributed by atoms with Gasteiger partial charge in [0.25, 0.3) is 0 Å². The molecule has 1 aromatic heterocycles. The Morgan fingerprint density at radius 2 is 1.83 bits per heavy atom. The van der Waals surface area contributed by atoms with Crippen molar-refractivity contribution in [3.63, 3.8) is 0 Å². The molecule has 2 fully saturated rings. The molecule has 0 unspecified atom stereocenters. The van der Waals surface area contributed by atoms with Crippen LogP contribution in [0.1, 0.15) is 36.8 Å². The highest BCUT2D eigenvalue weighted by molar-refractivity contribution is 7.89. The minimum atomic E-state index is -3.64. The number of nitrogens with zero attached hydrogens (tertiary/aromatic N) is 4. The number of piperazine rings is 1. The quantitative estimate of drug-likeness (QED) is 0.523. The van der Waals surface area contributed by atoms with Crippen LogP contribution in [0.25, 0.3) is 0 Å². The molecule has 2 aliphatic rings. The summed E-state index contributed by atoms with van der Waals surface area (Å²) in [4.78, 5) is 16.1. The molecule has 36 heavy (non-hydrogen) atoms. The van der Waals surface area contributed by atoms with Crippen LogP contribution in [-0.2, 0) is 21.3 Å². The summed E-state index contributed by atoms with van der Waals surface area (Å²) < 4.78 is 44.0. The van der Waals surface area contributed by atoms with E-state index in [1.165, 1.54) is 9.87 Å². The molecule has 1 amide bonds. The second-order valence-electron chi connectivity index (χ2n) is 9.44. The van der Waals surface area contributed by atoms with Crippen LogP contribution in [0.3, 0.4) is 0 Å². The van der Waals surface area contributed by atoms with E-state index < -0.39 is 10.0 Å². The number of benzene rings is 1. The summed E-state index contributed by atoms with van der Waals surface area (Å²) in [5, 5.41) is 3.80. The van der Waals surface area contributed by atoms with Gasteiger partial charge in [0.15, 0.2) is 5.76 Å². The predicted octanol–water partition coefficient (Wildman–Crippen LogP) is 3.05. The van der Waals surface area contributed by atoms with Gasteiger partial charge in [-0.3, -0.25) is 4.90 Å². The molecule has 1 aromatic carbocycles. The molecule has 0 radical (unpaired) electrons. The third kappa shape index (κ3) is 6.19. The fourth-order valence-corrected chi connectivity index (χ4v) is 6.67. The van der Waals surface area contributed by atoms with Crippen molar-refractivity contribution in [2.75, 3.05) is 52.5 Å². The maximum atomic E-state index is 13.1. The molecule has 0 aliphatic carbocycles. The van der Waals surface area contributed by atoms with Crippen molar-refractivity contribution in [2.24, 2.45) is 5.92 Å². The van der Waals surface area contributed by atoms with Crippen LogP contribution in [0.5, 0.6) is 5.75 Å². The molecule has 2 saturated heterocycles. The van der Waals surface area contributed by atoms with E-state index in [1.54, 1.807) is 18.7 Å². The smallest absolute Gasteiger partial charge is 0.409 e. The highest BCUT2D eigenvalue weighted by Gasteiger charge is 2.34. The third-order valence-corrected chi connectivity index (χ3v) is 8.87. The molecule has 3 heterocycles. The molecule has 0 bridgehead atoms. The second kappa shape index (κ2) is 11.6. The lowest BCUT2D eigenvalue weighted by atomic mass is 10.0. The Hall–Kier alpha value is -2.63. The molecule has 0 N–H and O–H groups in total. The molecule has 1 atom stereocenters. The van der Waals surface area contributed by atoms with Crippen molar-refractivity contribution in [3.8, 4) is 5.75 Å². The Balaban J connectivity index is 1.25. The van der Waals surface area contributed by atoms with Crippen molar-refractivity contribution in [1.82, 2.24) is 19.3 Å². The van der Waals surface area contributed by atoms with E-state index in [1.807, 2.05) is 19.1 Å². The Kier molecular flexibility index (Phi) is 8.53. The van der Waals surface area contributed by atoms with Crippen LogP contribution in [0.15, 0.2) is 33.7 Å². The maximum Gasteiger partial charge on any atom is 0.409 e. The van der Waals surface area contributed by atoms with Gasteiger partial charge in [-0.1, -0.05) is 17.3 Å². The lowest BCUT2D eigenvalue weighted by Gasteiger charge is -2.34. The number of rotatable bonds is 8. The number of aromatic nitrogens is 1. The molecule has 0 spiro atoms. The number of carbonyl (C=O) groups is 1. The van der Waals surface area contributed by atoms with Crippen molar-refractivity contribution in [2.45, 2.75) is 45.1 Å². The molecule has 11 heteroatoms. The van der Waals surface area contributed by atoms with E-state index in [0.29, 0.717) is 50.8 Å². The van der Waals surface area contributed by atoms with Gasteiger partial charge in [0.1, 0.15) is 16.3 Å². The van der Waals surface area contributed by atoms with E-state index in [9.17, 15) is 13.2 Å². The summed E-state index contributed by atoms with van der Waals surface area (Å²) >= 11 is 0. The van der Waals surface area contributed by atoms with Crippen LogP contribution < -0.4 is 4.74 Å². The summed E-state index contributed by atoms with van der Waals surface area (Å²) in [5.74, 6) is 1.22. The summed E-state index contributed by atoms with van der Waals surface area (Å²) in [6.07, 6.45) is 1.48. The highest BCUT2D eigenvalue weighted by Crippen LogP contribution is 2.28. The van der Waals surface area contributed by atoms with Gasteiger partial charge in [-0.05, 0) is 51.3 Å². The van der Waals surface area contributed by atoms with Gasteiger partial charge in [-0.25, -0.2) is 13.2 Å². The number of sulfonamides is 1. The third-order valence-electron chi connectivity index (χ3n) is 6.76. The van der Waals surface area contributed by atoms with Crippen molar-refractivity contribution < 1.29 is 27.2 Å². The number of piperidine rings is 1. The zero-order valence-corrected chi connectivity index (χ0v) is 22.1. The normalized spacial score (nSPS) is 19.9. The first-order valence-electron chi connectivity index (χ1n) is 12.6. The summed E-state index contributed by atoms with van der Waals surface area (Å²) in [7, 11) is -3.64. The van der Waals surface area contributed by atoms with Crippen LogP contribution in [0, 0.1) is 19.8 Å². The zero-order valence-electron chi connectivity index (χ0n) is 21.3. The molecule has 0 saturated carbocycles. The van der Waals surface area contributed by atoms with Crippen LogP contribution in [-0.4, -0.2) is 86.3 Å². The highest BCUT2D eigenvalue weighted by atomic mass is 32.2. The van der Waals surface area contributed by atoms with E-state index >= 15 is 0 Å². The maximum absolute atomic E-state index is 13.1. The number of hydrogen-bond acceptors (Lipinski definition) is 8. The fourth-order valence-electron chi connectivity index (χ4n) is 4.82. The minimum Gasteiger partial charge on any atom is -0.493 e. The SMILES string of the molecule is CCOC(=O)N1CCN(Cc2ccc(OC[C@@H]3CCCN(S(=O)(=O)c4c(C)noc4C)C3)cc2)CC1. The van der Waals surface area contributed by atoms with Crippen molar-refractivity contribution in [3.05, 3.63) is 41.3 Å². The summed E-state index contributed by atoms with van der Waals surface area (Å²) in [5.41, 5.74) is 1.58.